The van der Waals surface area contributed by atoms with E-state index in [1.807, 2.05) is 0 Å². The molecule has 10 atom stereocenters. The molecule has 1 unspecified atom stereocenters. The summed E-state index contributed by atoms with van der Waals surface area (Å²) in [5.74, 6) is -0.533. The van der Waals surface area contributed by atoms with Crippen molar-refractivity contribution in [3.05, 3.63) is 0 Å². The second kappa shape index (κ2) is 8.32. The van der Waals surface area contributed by atoms with Crippen LogP contribution in [0.15, 0.2) is 0 Å². The van der Waals surface area contributed by atoms with Crippen LogP contribution in [-0.4, -0.2) is 106 Å². The van der Waals surface area contributed by atoms with E-state index in [9.17, 15) is 30.6 Å². The van der Waals surface area contributed by atoms with Gasteiger partial charge in [0.05, 0.1) is 25.4 Å². The lowest BCUT2D eigenvalue weighted by atomic mass is 9.91. The Balaban J connectivity index is 2.12. The maximum absolute atomic E-state index is 10.2. The van der Waals surface area contributed by atoms with E-state index in [4.69, 9.17) is 18.9 Å². The Morgan fingerprint density at radius 3 is 1.88 bits per heavy atom. The van der Waals surface area contributed by atoms with Crippen molar-refractivity contribution in [2.24, 2.45) is 5.92 Å². The summed E-state index contributed by atoms with van der Waals surface area (Å²) in [5.41, 5.74) is 0. The van der Waals surface area contributed by atoms with Crippen molar-refractivity contribution < 1.29 is 49.6 Å². The molecule has 0 saturated carbocycles. The number of aliphatic hydroxyl groups is 6. The first kappa shape index (κ1) is 19.9. The van der Waals surface area contributed by atoms with Crippen LogP contribution < -0.4 is 0 Å². The van der Waals surface area contributed by atoms with Gasteiger partial charge in [-0.3, -0.25) is 0 Å². The lowest BCUT2D eigenvalue weighted by Gasteiger charge is -2.46. The quantitative estimate of drug-likeness (QED) is 0.293. The molecular formula is C14H26O10. The Morgan fingerprint density at radius 1 is 0.792 bits per heavy atom. The zero-order chi connectivity index (χ0) is 18.0. The number of methoxy groups -OCH3 is 1. The normalized spacial score (nSPS) is 50.0. The highest BCUT2D eigenvalue weighted by atomic mass is 16.7. The second-order valence-corrected chi connectivity index (χ2v) is 6.11. The number of hydrogen-bond donors (Lipinski definition) is 6. The van der Waals surface area contributed by atoms with Crippen LogP contribution in [0, 0.1) is 5.92 Å². The number of aliphatic hydroxyl groups excluding tert-OH is 6. The zero-order valence-electron chi connectivity index (χ0n) is 13.5. The molecule has 0 bridgehead atoms. The fourth-order valence-electron chi connectivity index (χ4n) is 2.96. The third-order valence-electron chi connectivity index (χ3n) is 4.59. The first-order chi connectivity index (χ1) is 11.3. The van der Waals surface area contributed by atoms with Gasteiger partial charge in [0.1, 0.15) is 30.5 Å². The van der Waals surface area contributed by atoms with Gasteiger partial charge in [-0.2, -0.15) is 0 Å². The molecule has 2 rings (SSSR count). The molecule has 2 aliphatic heterocycles. The molecule has 2 fully saturated rings. The third kappa shape index (κ3) is 3.73. The molecule has 0 aromatic heterocycles. The molecule has 0 aromatic rings. The van der Waals surface area contributed by atoms with Gasteiger partial charge in [0.25, 0.3) is 0 Å². The fraction of sp³-hybridized carbons (Fsp3) is 1.00. The van der Waals surface area contributed by atoms with E-state index in [1.54, 1.807) is 6.92 Å². The van der Waals surface area contributed by atoms with E-state index < -0.39 is 74.4 Å². The molecule has 0 spiro atoms. The van der Waals surface area contributed by atoms with E-state index in [1.165, 1.54) is 7.11 Å². The van der Waals surface area contributed by atoms with E-state index in [0.29, 0.717) is 0 Å². The Morgan fingerprint density at radius 2 is 1.33 bits per heavy atom. The monoisotopic (exact) mass is 354 g/mol. The first-order valence-electron chi connectivity index (χ1n) is 7.78. The summed E-state index contributed by atoms with van der Waals surface area (Å²) in [6.07, 6.45) is -11.2. The first-order valence-corrected chi connectivity index (χ1v) is 7.78. The van der Waals surface area contributed by atoms with Crippen molar-refractivity contribution in [3.8, 4) is 0 Å². The Labute approximate surface area is 139 Å². The summed E-state index contributed by atoms with van der Waals surface area (Å²) in [6.45, 7) is 0.666. The molecule has 0 aromatic carbocycles. The topological polar surface area (TPSA) is 158 Å². The molecule has 10 nitrogen and oxygen atoms in total. The minimum absolute atomic E-state index is 0.396. The van der Waals surface area contributed by atoms with Crippen LogP contribution >= 0.6 is 0 Å². The average molecular weight is 354 g/mol. The fourth-order valence-corrected chi connectivity index (χ4v) is 2.96. The summed E-state index contributed by atoms with van der Waals surface area (Å²) < 4.78 is 21.1. The predicted molar refractivity (Wildman–Crippen MR) is 76.6 cm³/mol. The van der Waals surface area contributed by atoms with Gasteiger partial charge < -0.3 is 49.6 Å². The molecule has 10 heteroatoms. The van der Waals surface area contributed by atoms with Crippen LogP contribution in [0.2, 0.25) is 0 Å². The van der Waals surface area contributed by atoms with Gasteiger partial charge in [0.15, 0.2) is 12.6 Å². The van der Waals surface area contributed by atoms with Crippen molar-refractivity contribution in [3.63, 3.8) is 0 Å². The van der Waals surface area contributed by atoms with Crippen LogP contribution in [0.1, 0.15) is 6.92 Å². The highest BCUT2D eigenvalue weighted by Gasteiger charge is 2.49. The molecule has 24 heavy (non-hydrogen) atoms. The number of ether oxygens (including phenoxy) is 4. The molecule has 2 heterocycles. The molecule has 2 aliphatic rings. The van der Waals surface area contributed by atoms with Crippen molar-refractivity contribution in [2.75, 3.05) is 20.3 Å². The largest absolute Gasteiger partial charge is 0.394 e. The van der Waals surface area contributed by atoms with Crippen LogP contribution in [-0.2, 0) is 18.9 Å². The van der Waals surface area contributed by atoms with Crippen LogP contribution in [0.4, 0.5) is 0 Å². The lowest BCUT2D eigenvalue weighted by molar-refractivity contribution is -0.353. The van der Waals surface area contributed by atoms with Crippen molar-refractivity contribution in [2.45, 2.75) is 62.2 Å². The van der Waals surface area contributed by atoms with Gasteiger partial charge in [-0.25, -0.2) is 0 Å². The molecule has 142 valence electrons. The summed E-state index contributed by atoms with van der Waals surface area (Å²) in [4.78, 5) is 0. The van der Waals surface area contributed by atoms with Crippen molar-refractivity contribution >= 4 is 0 Å². The standard InChI is InChI=1S/C14H26O10/c1-5-6(3-15)22-14(10(19)8(5)17)24-12-7(4-16)23-13(21-2)11(20)9(12)18/h5-20H,3-4H2,1-2H3/t5?,6-,7-,8+,9-,10-,11-,12-,13+,14-/m1/s1. The van der Waals surface area contributed by atoms with Gasteiger partial charge in [-0.05, 0) is 0 Å². The molecule has 2 saturated heterocycles. The van der Waals surface area contributed by atoms with Crippen LogP contribution in [0.5, 0.6) is 0 Å². The Hall–Kier alpha value is -0.400. The molecule has 0 aliphatic carbocycles. The molecule has 6 N–H and O–H groups in total. The summed E-state index contributed by atoms with van der Waals surface area (Å²) in [5, 5.41) is 59.0. The van der Waals surface area contributed by atoms with Crippen LogP contribution in [0.3, 0.4) is 0 Å². The van der Waals surface area contributed by atoms with Crippen LogP contribution in [0.25, 0.3) is 0 Å². The highest BCUT2D eigenvalue weighted by Crippen LogP contribution is 2.31. The summed E-state index contributed by atoms with van der Waals surface area (Å²) >= 11 is 0. The lowest BCUT2D eigenvalue weighted by Crippen LogP contribution is -2.63. The summed E-state index contributed by atoms with van der Waals surface area (Å²) in [7, 11) is 1.27. The van der Waals surface area contributed by atoms with E-state index in [-0.39, 0.29) is 0 Å². The Bertz CT molecular complexity index is 392. The second-order valence-electron chi connectivity index (χ2n) is 6.11. The zero-order valence-corrected chi connectivity index (χ0v) is 13.5. The maximum Gasteiger partial charge on any atom is 0.187 e. The van der Waals surface area contributed by atoms with Gasteiger partial charge in [-0.15, -0.1) is 0 Å². The van der Waals surface area contributed by atoms with Gasteiger partial charge in [0, 0.05) is 13.0 Å². The predicted octanol–water partition coefficient (Wildman–Crippen LogP) is -3.47. The maximum atomic E-state index is 10.2. The minimum atomic E-state index is -1.49. The molecular weight excluding hydrogens is 328 g/mol. The smallest absolute Gasteiger partial charge is 0.187 e. The van der Waals surface area contributed by atoms with E-state index in [0.717, 1.165) is 0 Å². The average Bonchev–Trinajstić information content (AvgIpc) is 2.59. The third-order valence-corrected chi connectivity index (χ3v) is 4.59. The van der Waals surface area contributed by atoms with Gasteiger partial charge >= 0.3 is 0 Å². The van der Waals surface area contributed by atoms with Crippen molar-refractivity contribution in [1.29, 1.82) is 0 Å². The van der Waals surface area contributed by atoms with Gasteiger partial charge in [0.2, 0.25) is 0 Å². The Kier molecular flexibility index (Phi) is 6.90. The van der Waals surface area contributed by atoms with Gasteiger partial charge in [-0.1, -0.05) is 6.92 Å². The number of hydrogen-bond acceptors (Lipinski definition) is 10. The highest BCUT2D eigenvalue weighted by molar-refractivity contribution is 4.93. The SMILES string of the molecule is CO[C@H]1O[C@H](CO)[C@@H](O[C@H]2O[C@H](CO)C(C)[C@H](O)[C@H]2O)[C@H](O)[C@H]1O. The van der Waals surface area contributed by atoms with E-state index >= 15 is 0 Å². The van der Waals surface area contributed by atoms with Crippen molar-refractivity contribution in [1.82, 2.24) is 0 Å². The van der Waals surface area contributed by atoms with E-state index in [2.05, 4.69) is 0 Å². The minimum Gasteiger partial charge on any atom is -0.394 e. The molecule has 0 amide bonds. The summed E-state index contributed by atoms with van der Waals surface area (Å²) in [6, 6.07) is 0. The number of rotatable bonds is 5. The molecule has 0 radical (unpaired) electrons.